The van der Waals surface area contributed by atoms with Crippen LogP contribution in [-0.4, -0.2) is 57.3 Å². The number of hydrogen-bond acceptors (Lipinski definition) is 3. The van der Waals surface area contributed by atoms with E-state index in [-0.39, 0.29) is 30.0 Å². The summed E-state index contributed by atoms with van der Waals surface area (Å²) in [6.07, 6.45) is -2.15. The van der Waals surface area contributed by atoms with E-state index in [1.807, 2.05) is 13.8 Å². The monoisotopic (exact) mass is 542 g/mol. The van der Waals surface area contributed by atoms with Gasteiger partial charge in [0, 0.05) is 26.7 Å². The van der Waals surface area contributed by atoms with Crippen molar-refractivity contribution in [3.05, 3.63) is 35.4 Å². The Morgan fingerprint density at radius 1 is 1.30 bits per heavy atom. The molecule has 1 fully saturated rings. The van der Waals surface area contributed by atoms with Gasteiger partial charge < -0.3 is 20.3 Å². The molecule has 30 heavy (non-hydrogen) atoms. The summed E-state index contributed by atoms with van der Waals surface area (Å²) in [5.74, 6) is 1.16. The van der Waals surface area contributed by atoms with Crippen LogP contribution in [0, 0.1) is 5.92 Å². The first-order chi connectivity index (χ1) is 13.8. The zero-order valence-electron chi connectivity index (χ0n) is 18.0. The molecule has 172 valence electrons. The number of ether oxygens (including phenoxy) is 1. The Kier molecular flexibility index (Phi) is 12.0. The van der Waals surface area contributed by atoms with Crippen molar-refractivity contribution in [1.82, 2.24) is 15.5 Å². The molecule has 1 heterocycles. The Hall–Kier alpha value is -1.07. The molecule has 9 heteroatoms. The molecule has 1 saturated heterocycles. The Labute approximate surface area is 194 Å². The first-order valence-corrected chi connectivity index (χ1v) is 10.3. The summed E-state index contributed by atoms with van der Waals surface area (Å²) in [5, 5.41) is 6.43. The SMILES string of the molecule is CCNC(=NCC1CCN(CCOC)CC1)NC(C)c1cccc(C(F)(F)F)c1.I. The van der Waals surface area contributed by atoms with E-state index in [4.69, 9.17) is 4.74 Å². The molecule has 1 aromatic rings. The Morgan fingerprint density at radius 2 is 2.00 bits per heavy atom. The third-order valence-electron chi connectivity index (χ3n) is 5.24. The molecule has 1 aliphatic rings. The van der Waals surface area contributed by atoms with Gasteiger partial charge in [-0.3, -0.25) is 4.99 Å². The van der Waals surface area contributed by atoms with Crippen molar-refractivity contribution >= 4 is 29.9 Å². The van der Waals surface area contributed by atoms with Crippen LogP contribution in [0.25, 0.3) is 0 Å². The molecule has 0 aliphatic carbocycles. The lowest BCUT2D eigenvalue weighted by atomic mass is 9.97. The number of guanidine groups is 1. The van der Waals surface area contributed by atoms with Gasteiger partial charge in [0.05, 0.1) is 18.2 Å². The molecule has 0 spiro atoms. The van der Waals surface area contributed by atoms with Crippen molar-refractivity contribution in [2.45, 2.75) is 38.9 Å². The fourth-order valence-electron chi connectivity index (χ4n) is 3.43. The molecule has 1 aromatic carbocycles. The van der Waals surface area contributed by atoms with Crippen LogP contribution in [0.4, 0.5) is 13.2 Å². The number of nitrogens with one attached hydrogen (secondary N) is 2. The van der Waals surface area contributed by atoms with Crippen LogP contribution in [0.1, 0.15) is 43.9 Å². The van der Waals surface area contributed by atoms with Gasteiger partial charge in [-0.05, 0) is 63.4 Å². The van der Waals surface area contributed by atoms with E-state index in [1.165, 1.54) is 12.1 Å². The highest BCUT2D eigenvalue weighted by Crippen LogP contribution is 2.30. The number of benzene rings is 1. The smallest absolute Gasteiger partial charge is 0.383 e. The van der Waals surface area contributed by atoms with E-state index in [0.717, 1.165) is 45.1 Å². The quantitative estimate of drug-likeness (QED) is 0.292. The summed E-state index contributed by atoms with van der Waals surface area (Å²) in [5.41, 5.74) is -0.0531. The zero-order chi connectivity index (χ0) is 21.3. The Morgan fingerprint density at radius 3 is 2.60 bits per heavy atom. The van der Waals surface area contributed by atoms with Gasteiger partial charge >= 0.3 is 6.18 Å². The number of rotatable bonds is 8. The molecule has 0 aromatic heterocycles. The molecular formula is C21H34F3IN4O. The third kappa shape index (κ3) is 8.97. The van der Waals surface area contributed by atoms with E-state index in [9.17, 15) is 13.2 Å². The minimum absolute atomic E-state index is 0. The zero-order valence-corrected chi connectivity index (χ0v) is 20.3. The maximum absolute atomic E-state index is 13.0. The molecule has 2 rings (SSSR count). The highest BCUT2D eigenvalue weighted by Gasteiger charge is 2.30. The lowest BCUT2D eigenvalue weighted by molar-refractivity contribution is -0.137. The maximum atomic E-state index is 13.0. The van der Waals surface area contributed by atoms with E-state index in [2.05, 4.69) is 20.5 Å². The van der Waals surface area contributed by atoms with Gasteiger partial charge in [-0.15, -0.1) is 24.0 Å². The molecule has 0 radical (unpaired) electrons. The van der Waals surface area contributed by atoms with E-state index in [1.54, 1.807) is 13.2 Å². The second-order valence-electron chi connectivity index (χ2n) is 7.49. The second-order valence-corrected chi connectivity index (χ2v) is 7.49. The van der Waals surface area contributed by atoms with Crippen LogP contribution < -0.4 is 10.6 Å². The van der Waals surface area contributed by atoms with Crippen molar-refractivity contribution in [1.29, 1.82) is 0 Å². The fourth-order valence-corrected chi connectivity index (χ4v) is 3.43. The summed E-state index contributed by atoms with van der Waals surface area (Å²) in [4.78, 5) is 7.10. The average Bonchev–Trinajstić information content (AvgIpc) is 2.71. The van der Waals surface area contributed by atoms with Crippen molar-refractivity contribution in [3.63, 3.8) is 0 Å². The predicted octanol–water partition coefficient (Wildman–Crippen LogP) is 4.30. The van der Waals surface area contributed by atoms with Crippen LogP contribution in [0.15, 0.2) is 29.3 Å². The number of methoxy groups -OCH3 is 1. The Bertz CT molecular complexity index is 649. The summed E-state index contributed by atoms with van der Waals surface area (Å²) < 4.78 is 44.0. The largest absolute Gasteiger partial charge is 0.416 e. The number of nitrogens with zero attached hydrogens (tertiary/aromatic N) is 2. The highest BCUT2D eigenvalue weighted by atomic mass is 127. The second kappa shape index (κ2) is 13.4. The number of aliphatic imine (C=N–C) groups is 1. The first kappa shape index (κ1) is 27.0. The molecule has 2 N–H and O–H groups in total. The molecule has 5 nitrogen and oxygen atoms in total. The molecule has 1 aliphatic heterocycles. The third-order valence-corrected chi connectivity index (χ3v) is 5.24. The summed E-state index contributed by atoms with van der Waals surface area (Å²) in [7, 11) is 1.72. The lowest BCUT2D eigenvalue weighted by Gasteiger charge is -2.31. The number of likely N-dealkylation sites (tertiary alicyclic amines) is 1. The topological polar surface area (TPSA) is 48.9 Å². The van der Waals surface area contributed by atoms with Crippen molar-refractivity contribution in [2.75, 3.05) is 46.4 Å². The van der Waals surface area contributed by atoms with Gasteiger partial charge in [0.25, 0.3) is 0 Å². The van der Waals surface area contributed by atoms with E-state index in [0.29, 0.717) is 30.5 Å². The van der Waals surface area contributed by atoms with Gasteiger partial charge in [-0.25, -0.2) is 0 Å². The molecular weight excluding hydrogens is 508 g/mol. The minimum atomic E-state index is -4.34. The van der Waals surface area contributed by atoms with Crippen molar-refractivity contribution < 1.29 is 17.9 Å². The van der Waals surface area contributed by atoms with Gasteiger partial charge in [0.1, 0.15) is 0 Å². The average molecular weight is 542 g/mol. The van der Waals surface area contributed by atoms with Crippen LogP contribution in [-0.2, 0) is 10.9 Å². The van der Waals surface area contributed by atoms with Crippen molar-refractivity contribution in [3.8, 4) is 0 Å². The lowest BCUT2D eigenvalue weighted by Crippen LogP contribution is -2.40. The van der Waals surface area contributed by atoms with Gasteiger partial charge in [0.15, 0.2) is 5.96 Å². The van der Waals surface area contributed by atoms with Crippen molar-refractivity contribution in [2.24, 2.45) is 10.9 Å². The molecule has 1 atom stereocenters. The standard InChI is InChI=1S/C21H33F3N4O.HI/c1-4-25-20(26-15-17-8-10-28(11-9-17)12-13-29-3)27-16(2)18-6-5-7-19(14-18)21(22,23)24;/h5-7,14,16-17H,4,8-13,15H2,1-3H3,(H2,25,26,27);1H. The van der Waals surface area contributed by atoms with Gasteiger partial charge in [-0.1, -0.05) is 12.1 Å². The minimum Gasteiger partial charge on any atom is -0.383 e. The summed E-state index contributed by atoms with van der Waals surface area (Å²) >= 11 is 0. The highest BCUT2D eigenvalue weighted by molar-refractivity contribution is 14.0. The summed E-state index contributed by atoms with van der Waals surface area (Å²) in [6.45, 7) is 9.04. The van der Waals surface area contributed by atoms with Crippen LogP contribution >= 0.6 is 24.0 Å². The van der Waals surface area contributed by atoms with Crippen LogP contribution in [0.3, 0.4) is 0 Å². The van der Waals surface area contributed by atoms with Crippen LogP contribution in [0.5, 0.6) is 0 Å². The van der Waals surface area contributed by atoms with Gasteiger partial charge in [0.2, 0.25) is 0 Å². The molecule has 0 bridgehead atoms. The molecule has 0 saturated carbocycles. The van der Waals surface area contributed by atoms with E-state index >= 15 is 0 Å². The fraction of sp³-hybridized carbons (Fsp3) is 0.667. The number of halogens is 4. The molecule has 0 amide bonds. The van der Waals surface area contributed by atoms with E-state index < -0.39 is 11.7 Å². The number of piperidine rings is 1. The first-order valence-electron chi connectivity index (χ1n) is 10.3. The number of hydrogen-bond donors (Lipinski definition) is 2. The predicted molar refractivity (Wildman–Crippen MR) is 125 cm³/mol. The summed E-state index contributed by atoms with van der Waals surface area (Å²) in [6, 6.07) is 5.14. The van der Waals surface area contributed by atoms with Gasteiger partial charge in [-0.2, -0.15) is 13.2 Å². The maximum Gasteiger partial charge on any atom is 0.416 e. The van der Waals surface area contributed by atoms with Crippen LogP contribution in [0.2, 0.25) is 0 Å². The normalized spacial score (nSPS) is 17.3. The number of alkyl halides is 3. The molecule has 1 unspecified atom stereocenters. The Balaban J connectivity index is 0.00000450.